The van der Waals surface area contributed by atoms with Crippen LogP contribution in [0.25, 0.3) is 0 Å². The minimum atomic E-state index is -0.550. The lowest BCUT2D eigenvalue weighted by atomic mass is 9.92. The lowest BCUT2D eigenvalue weighted by Crippen LogP contribution is -2.49. The summed E-state index contributed by atoms with van der Waals surface area (Å²) in [4.78, 5) is 19.1. The Morgan fingerprint density at radius 2 is 2.07 bits per heavy atom. The molecular weight excluding hydrogens is 459 g/mol. The normalized spacial score (nSPS) is 18.0. The topological polar surface area (TPSA) is 83.8 Å². The minimum Gasteiger partial charge on any atom is -0.370 e. The van der Waals surface area contributed by atoms with E-state index >= 15 is 0 Å². The third kappa shape index (κ3) is 6.63. The summed E-state index contributed by atoms with van der Waals surface area (Å²) in [5.41, 5.74) is 0.516. The van der Waals surface area contributed by atoms with Gasteiger partial charge in [0, 0.05) is 38.4 Å². The van der Waals surface area contributed by atoms with Gasteiger partial charge >= 0.3 is 0 Å². The number of halogens is 1. The predicted octanol–water partition coefficient (Wildman–Crippen LogP) is 1.54. The second-order valence-electron chi connectivity index (χ2n) is 7.17. The van der Waals surface area contributed by atoms with Crippen molar-refractivity contribution in [1.29, 1.82) is 0 Å². The summed E-state index contributed by atoms with van der Waals surface area (Å²) >= 11 is 0. The van der Waals surface area contributed by atoms with Gasteiger partial charge < -0.3 is 20.3 Å². The van der Waals surface area contributed by atoms with Crippen molar-refractivity contribution in [2.45, 2.75) is 33.8 Å². The molecule has 1 amide bonds. The van der Waals surface area contributed by atoms with Crippen molar-refractivity contribution in [2.75, 3.05) is 39.3 Å². The van der Waals surface area contributed by atoms with Crippen LogP contribution in [0.5, 0.6) is 0 Å². The third-order valence-electron chi connectivity index (χ3n) is 4.37. The van der Waals surface area contributed by atoms with Crippen LogP contribution in [0.2, 0.25) is 0 Å². The molecular formula is C18H33IN6O2. The number of morpholine rings is 1. The lowest BCUT2D eigenvalue weighted by Gasteiger charge is -2.35. The fourth-order valence-electron chi connectivity index (χ4n) is 2.82. The highest BCUT2D eigenvalue weighted by molar-refractivity contribution is 14.0. The van der Waals surface area contributed by atoms with Gasteiger partial charge in [-0.2, -0.15) is 5.10 Å². The number of carbonyl (C=O) groups excluding carboxylic acids is 1. The van der Waals surface area contributed by atoms with E-state index in [1.807, 2.05) is 47.1 Å². The molecule has 1 atom stereocenters. The first kappa shape index (κ1) is 23.7. The molecule has 2 rings (SSSR count). The Morgan fingerprint density at radius 1 is 1.37 bits per heavy atom. The van der Waals surface area contributed by atoms with Crippen LogP contribution in [0, 0.1) is 5.41 Å². The number of amides is 1. The van der Waals surface area contributed by atoms with Gasteiger partial charge in [0.1, 0.15) is 6.10 Å². The molecule has 1 unspecified atom stereocenters. The molecule has 0 bridgehead atoms. The number of nitrogens with one attached hydrogen (secondary N) is 2. The molecule has 0 aromatic carbocycles. The molecule has 1 aromatic heterocycles. The summed E-state index contributed by atoms with van der Waals surface area (Å²) < 4.78 is 7.69. The molecule has 154 valence electrons. The number of guanidine groups is 1. The van der Waals surface area contributed by atoms with E-state index in [9.17, 15) is 4.79 Å². The first-order valence-electron chi connectivity index (χ1n) is 9.29. The van der Waals surface area contributed by atoms with E-state index < -0.39 is 5.41 Å². The summed E-state index contributed by atoms with van der Waals surface area (Å²) in [6, 6.07) is 0. The van der Waals surface area contributed by atoms with Crippen molar-refractivity contribution >= 4 is 35.8 Å². The predicted molar refractivity (Wildman–Crippen MR) is 117 cm³/mol. The maximum absolute atomic E-state index is 12.2. The van der Waals surface area contributed by atoms with E-state index in [0.29, 0.717) is 26.2 Å². The van der Waals surface area contributed by atoms with Crippen molar-refractivity contribution in [3.8, 4) is 0 Å². The van der Waals surface area contributed by atoms with Crippen LogP contribution in [-0.2, 0) is 16.6 Å². The zero-order valence-electron chi connectivity index (χ0n) is 17.0. The van der Waals surface area contributed by atoms with Gasteiger partial charge in [0.15, 0.2) is 5.96 Å². The lowest BCUT2D eigenvalue weighted by molar-refractivity contribution is -0.128. The van der Waals surface area contributed by atoms with Gasteiger partial charge in [-0.25, -0.2) is 0 Å². The van der Waals surface area contributed by atoms with Crippen LogP contribution in [0.3, 0.4) is 0 Å². The van der Waals surface area contributed by atoms with Gasteiger partial charge in [-0.15, -0.1) is 24.0 Å². The summed E-state index contributed by atoms with van der Waals surface area (Å²) in [5.74, 6) is 0.844. The molecule has 0 saturated carbocycles. The highest BCUT2D eigenvalue weighted by atomic mass is 127. The van der Waals surface area contributed by atoms with Gasteiger partial charge in [-0.05, 0) is 27.7 Å². The minimum absolute atomic E-state index is 0. The number of aryl methyl sites for hydroxylation is 1. The number of hydrogen-bond donors (Lipinski definition) is 2. The standard InChI is InChI=1S/C18H32N6O2.HI/c1-6-19-16(25)18(3,4)13-21-17(20-7-2)24-8-9-26-15(12-24)14-10-22-23(5)11-14;/h10-11,15H,6-9,12-13H2,1-5H3,(H,19,25)(H,20,21);1H. The fraction of sp³-hybridized carbons (Fsp3) is 0.722. The van der Waals surface area contributed by atoms with Gasteiger partial charge in [-0.1, -0.05) is 0 Å². The quantitative estimate of drug-likeness (QED) is 0.358. The molecule has 2 heterocycles. The van der Waals surface area contributed by atoms with Crippen molar-refractivity contribution < 1.29 is 9.53 Å². The van der Waals surface area contributed by atoms with Crippen molar-refractivity contribution in [3.63, 3.8) is 0 Å². The Bertz CT molecular complexity index is 631. The molecule has 1 aliphatic rings. The van der Waals surface area contributed by atoms with Crippen molar-refractivity contribution in [2.24, 2.45) is 17.5 Å². The Labute approximate surface area is 179 Å². The molecule has 1 aliphatic heterocycles. The number of nitrogens with zero attached hydrogens (tertiary/aromatic N) is 4. The van der Waals surface area contributed by atoms with Crippen LogP contribution in [-0.4, -0.2) is 65.9 Å². The van der Waals surface area contributed by atoms with Crippen LogP contribution in [0.4, 0.5) is 0 Å². The number of aromatic nitrogens is 2. The van der Waals surface area contributed by atoms with Gasteiger partial charge in [0.25, 0.3) is 0 Å². The van der Waals surface area contributed by atoms with Gasteiger partial charge in [-0.3, -0.25) is 14.5 Å². The third-order valence-corrected chi connectivity index (χ3v) is 4.37. The maximum Gasteiger partial charge on any atom is 0.227 e. The number of rotatable bonds is 6. The first-order valence-corrected chi connectivity index (χ1v) is 9.29. The van der Waals surface area contributed by atoms with Gasteiger partial charge in [0.05, 0.1) is 31.3 Å². The Kier molecular flexibility index (Phi) is 9.51. The number of hydrogen-bond acceptors (Lipinski definition) is 4. The molecule has 1 saturated heterocycles. The van der Waals surface area contributed by atoms with E-state index in [0.717, 1.165) is 24.6 Å². The molecule has 1 fully saturated rings. The van der Waals surface area contributed by atoms with Gasteiger partial charge in [0.2, 0.25) is 5.91 Å². The Hall–Kier alpha value is -1.36. The second kappa shape index (κ2) is 10.8. The molecule has 8 nitrogen and oxygen atoms in total. The number of carbonyl (C=O) groups is 1. The Morgan fingerprint density at radius 3 is 2.67 bits per heavy atom. The van der Waals surface area contributed by atoms with Crippen molar-refractivity contribution in [1.82, 2.24) is 25.3 Å². The molecule has 0 aliphatic carbocycles. The van der Waals surface area contributed by atoms with Crippen molar-refractivity contribution in [3.05, 3.63) is 18.0 Å². The zero-order valence-corrected chi connectivity index (χ0v) is 19.3. The average molecular weight is 492 g/mol. The van der Waals surface area contributed by atoms with Crippen LogP contribution in [0.1, 0.15) is 39.4 Å². The largest absolute Gasteiger partial charge is 0.370 e. The summed E-state index contributed by atoms with van der Waals surface area (Å²) in [6.07, 6.45) is 3.80. The first-order chi connectivity index (χ1) is 12.4. The van der Waals surface area contributed by atoms with E-state index in [1.54, 1.807) is 4.68 Å². The van der Waals surface area contributed by atoms with Crippen LogP contribution < -0.4 is 10.6 Å². The monoisotopic (exact) mass is 492 g/mol. The summed E-state index contributed by atoms with van der Waals surface area (Å²) in [5, 5.41) is 10.5. The molecule has 2 N–H and O–H groups in total. The molecule has 0 radical (unpaired) electrons. The van der Waals surface area contributed by atoms with E-state index in [2.05, 4.69) is 20.6 Å². The molecule has 0 spiro atoms. The zero-order chi connectivity index (χ0) is 19.2. The Balaban J connectivity index is 0.00000364. The molecule has 27 heavy (non-hydrogen) atoms. The van der Waals surface area contributed by atoms with E-state index in [1.165, 1.54) is 0 Å². The SMILES string of the molecule is CCNC(=O)C(C)(C)CN=C(NCC)N1CCOC(c2cnn(C)c2)C1.I. The molecule has 1 aromatic rings. The fourth-order valence-corrected chi connectivity index (χ4v) is 2.82. The average Bonchev–Trinajstić information content (AvgIpc) is 3.05. The highest BCUT2D eigenvalue weighted by Crippen LogP contribution is 2.22. The number of aliphatic imine (C=N–C) groups is 1. The van der Waals surface area contributed by atoms with Crippen LogP contribution in [0.15, 0.2) is 17.4 Å². The van der Waals surface area contributed by atoms with Crippen LogP contribution >= 0.6 is 24.0 Å². The number of ether oxygens (including phenoxy) is 1. The smallest absolute Gasteiger partial charge is 0.227 e. The van der Waals surface area contributed by atoms with E-state index in [-0.39, 0.29) is 36.0 Å². The second-order valence-corrected chi connectivity index (χ2v) is 7.17. The summed E-state index contributed by atoms with van der Waals surface area (Å²) in [7, 11) is 1.90. The summed E-state index contributed by atoms with van der Waals surface area (Å²) in [6.45, 7) is 11.7. The molecule has 9 heteroatoms. The maximum atomic E-state index is 12.2. The highest BCUT2D eigenvalue weighted by Gasteiger charge is 2.29. The van der Waals surface area contributed by atoms with E-state index in [4.69, 9.17) is 9.73 Å².